The second kappa shape index (κ2) is 8.67. The van der Waals surface area contributed by atoms with Crippen LogP contribution in [0.15, 0.2) is 53.0 Å². The Balaban J connectivity index is 1.65. The van der Waals surface area contributed by atoms with Gasteiger partial charge in [0.2, 0.25) is 0 Å². The Morgan fingerprint density at radius 1 is 1.10 bits per heavy atom. The molecule has 1 amide bonds. The zero-order chi connectivity index (χ0) is 22.0. The summed E-state index contributed by atoms with van der Waals surface area (Å²) in [5, 5.41) is 0. The van der Waals surface area contributed by atoms with Gasteiger partial charge in [0.25, 0.3) is 5.91 Å². The topological polar surface area (TPSA) is 67.9 Å². The molecule has 0 atom stereocenters. The largest absolute Gasteiger partial charge is 0.386 e. The van der Waals surface area contributed by atoms with Gasteiger partial charge in [-0.25, -0.2) is 4.99 Å². The number of nitrogens with zero attached hydrogens (tertiary/aromatic N) is 2. The van der Waals surface area contributed by atoms with Crippen LogP contribution in [-0.4, -0.2) is 42.9 Å². The lowest BCUT2D eigenvalue weighted by Gasteiger charge is -2.26. The van der Waals surface area contributed by atoms with Gasteiger partial charge < -0.3 is 15.4 Å². The normalized spacial score (nSPS) is 17.6. The molecule has 2 aliphatic heterocycles. The second-order valence-electron chi connectivity index (χ2n) is 8.78. The van der Waals surface area contributed by atoms with Crippen molar-refractivity contribution in [1.82, 2.24) is 4.90 Å². The first-order valence-corrected chi connectivity index (χ1v) is 11.1. The quantitative estimate of drug-likeness (QED) is 0.741. The number of hydrogen-bond donors (Lipinski definition) is 1. The minimum atomic E-state index is -0.369. The molecule has 0 bridgehead atoms. The number of carbonyl (C=O) groups excluding carboxylic acids is 1. The highest BCUT2D eigenvalue weighted by molar-refractivity contribution is 5.96. The molecule has 2 N–H and O–H groups in total. The lowest BCUT2D eigenvalue weighted by molar-refractivity contribution is 0.0793. The third kappa shape index (κ3) is 4.28. The fraction of sp³-hybridized carbons (Fsp3) is 0.385. The highest BCUT2D eigenvalue weighted by atomic mass is 16.5. The van der Waals surface area contributed by atoms with Crippen LogP contribution in [0.2, 0.25) is 0 Å². The van der Waals surface area contributed by atoms with E-state index in [0.29, 0.717) is 19.0 Å². The Hall–Kier alpha value is -2.92. The lowest BCUT2D eigenvalue weighted by Crippen LogP contribution is -2.34. The first kappa shape index (κ1) is 21.3. The summed E-state index contributed by atoms with van der Waals surface area (Å²) in [6.45, 7) is 9.06. The summed E-state index contributed by atoms with van der Waals surface area (Å²) in [7, 11) is 0. The minimum Gasteiger partial charge on any atom is -0.386 e. The summed E-state index contributed by atoms with van der Waals surface area (Å²) in [6, 6.07) is 14.1. The standard InChI is InChI=1S/C26H31N3O2/c1-4-31-17-22-16-21-15-20(11-12-23(21)28-25(27)26(22,2)3)18-7-9-19(10-8-18)24(30)29-13-5-6-14-29/h7-12,15-16H,4-6,13-14,17H2,1-3H3,(H2,27,28). The first-order chi connectivity index (χ1) is 14.9. The van der Waals surface area contributed by atoms with Crippen molar-refractivity contribution in [2.24, 2.45) is 16.1 Å². The molecule has 5 nitrogen and oxygen atoms in total. The molecule has 0 unspecified atom stereocenters. The number of hydrogen-bond acceptors (Lipinski definition) is 4. The summed E-state index contributed by atoms with van der Waals surface area (Å²) in [5.41, 5.74) is 11.9. The van der Waals surface area contributed by atoms with E-state index in [9.17, 15) is 4.79 Å². The summed E-state index contributed by atoms with van der Waals surface area (Å²) < 4.78 is 5.71. The maximum atomic E-state index is 12.6. The van der Waals surface area contributed by atoms with Crippen molar-refractivity contribution in [3.63, 3.8) is 0 Å². The fourth-order valence-electron chi connectivity index (χ4n) is 4.10. The number of fused-ring (bicyclic) bond motifs is 1. The van der Waals surface area contributed by atoms with Crippen molar-refractivity contribution >= 4 is 23.5 Å². The fourth-order valence-corrected chi connectivity index (χ4v) is 4.10. The number of carbonyl (C=O) groups is 1. The van der Waals surface area contributed by atoms with E-state index in [1.807, 2.05) is 42.2 Å². The average Bonchev–Trinajstić information content (AvgIpc) is 3.29. The third-order valence-electron chi connectivity index (χ3n) is 6.36. The molecule has 5 heteroatoms. The van der Waals surface area contributed by atoms with Gasteiger partial charge in [0.1, 0.15) is 5.84 Å². The highest BCUT2D eigenvalue weighted by Crippen LogP contribution is 2.37. The molecule has 0 spiro atoms. The van der Waals surface area contributed by atoms with E-state index in [0.717, 1.165) is 59.4 Å². The van der Waals surface area contributed by atoms with E-state index >= 15 is 0 Å². The molecule has 31 heavy (non-hydrogen) atoms. The molecule has 2 aromatic carbocycles. The van der Waals surface area contributed by atoms with Gasteiger partial charge in [-0.3, -0.25) is 4.79 Å². The molecule has 2 aliphatic rings. The van der Waals surface area contributed by atoms with Crippen LogP contribution in [0.25, 0.3) is 17.2 Å². The number of benzene rings is 2. The molecule has 0 aromatic heterocycles. The van der Waals surface area contributed by atoms with Crippen molar-refractivity contribution in [1.29, 1.82) is 0 Å². The number of ether oxygens (including phenoxy) is 1. The van der Waals surface area contributed by atoms with E-state index < -0.39 is 0 Å². The zero-order valence-corrected chi connectivity index (χ0v) is 18.6. The van der Waals surface area contributed by atoms with Crippen LogP contribution in [0.3, 0.4) is 0 Å². The van der Waals surface area contributed by atoms with Gasteiger partial charge in [-0.15, -0.1) is 0 Å². The van der Waals surface area contributed by atoms with Gasteiger partial charge >= 0.3 is 0 Å². The monoisotopic (exact) mass is 417 g/mol. The van der Waals surface area contributed by atoms with Crippen molar-refractivity contribution in [3.05, 3.63) is 59.2 Å². The Bertz CT molecular complexity index is 1030. The second-order valence-corrected chi connectivity index (χ2v) is 8.78. The third-order valence-corrected chi connectivity index (χ3v) is 6.36. The number of amides is 1. The summed E-state index contributed by atoms with van der Waals surface area (Å²) in [4.78, 5) is 19.3. The van der Waals surface area contributed by atoms with Gasteiger partial charge in [-0.05, 0) is 74.6 Å². The summed E-state index contributed by atoms with van der Waals surface area (Å²) in [6.07, 6.45) is 4.35. The van der Waals surface area contributed by atoms with E-state index in [2.05, 4.69) is 32.1 Å². The molecule has 1 saturated heterocycles. The predicted octanol–water partition coefficient (Wildman–Crippen LogP) is 5.04. The molecule has 2 heterocycles. The van der Waals surface area contributed by atoms with Crippen LogP contribution in [-0.2, 0) is 4.74 Å². The summed E-state index contributed by atoms with van der Waals surface area (Å²) in [5.74, 6) is 0.719. The van der Waals surface area contributed by atoms with Crippen LogP contribution in [0.4, 0.5) is 5.69 Å². The molecule has 0 radical (unpaired) electrons. The Labute approximate surface area is 184 Å². The number of amidine groups is 1. The summed E-state index contributed by atoms with van der Waals surface area (Å²) >= 11 is 0. The smallest absolute Gasteiger partial charge is 0.253 e. The number of likely N-dealkylation sites (tertiary alicyclic amines) is 1. The molecular weight excluding hydrogens is 386 g/mol. The SMILES string of the molecule is CCOCC1=Cc2cc(-c3ccc(C(=O)N4CCCC4)cc3)ccc2N=C(N)C1(C)C. The maximum absolute atomic E-state index is 12.6. The molecular formula is C26H31N3O2. The Morgan fingerprint density at radius 3 is 2.45 bits per heavy atom. The van der Waals surface area contributed by atoms with E-state index in [1.54, 1.807) is 0 Å². The van der Waals surface area contributed by atoms with Crippen LogP contribution >= 0.6 is 0 Å². The molecule has 0 saturated carbocycles. The number of rotatable bonds is 5. The van der Waals surface area contributed by atoms with Crippen LogP contribution < -0.4 is 5.73 Å². The van der Waals surface area contributed by atoms with E-state index in [1.165, 1.54) is 0 Å². The van der Waals surface area contributed by atoms with Crippen LogP contribution in [0.5, 0.6) is 0 Å². The molecule has 2 aromatic rings. The van der Waals surface area contributed by atoms with E-state index in [4.69, 9.17) is 15.5 Å². The molecule has 0 aliphatic carbocycles. The van der Waals surface area contributed by atoms with Gasteiger partial charge in [-0.1, -0.05) is 24.3 Å². The van der Waals surface area contributed by atoms with Crippen molar-refractivity contribution in [2.45, 2.75) is 33.6 Å². The molecule has 4 rings (SSSR count). The van der Waals surface area contributed by atoms with Gasteiger partial charge in [-0.2, -0.15) is 0 Å². The number of nitrogens with two attached hydrogens (primary N) is 1. The van der Waals surface area contributed by atoms with Crippen molar-refractivity contribution in [2.75, 3.05) is 26.3 Å². The van der Waals surface area contributed by atoms with E-state index in [-0.39, 0.29) is 11.3 Å². The lowest BCUT2D eigenvalue weighted by atomic mass is 9.82. The zero-order valence-electron chi connectivity index (χ0n) is 18.6. The van der Waals surface area contributed by atoms with Gasteiger partial charge in [0, 0.05) is 36.2 Å². The van der Waals surface area contributed by atoms with Crippen LogP contribution in [0, 0.1) is 5.41 Å². The van der Waals surface area contributed by atoms with Gasteiger partial charge in [0.15, 0.2) is 0 Å². The molecule has 162 valence electrons. The van der Waals surface area contributed by atoms with Crippen molar-refractivity contribution in [3.8, 4) is 11.1 Å². The Morgan fingerprint density at radius 2 is 1.77 bits per heavy atom. The van der Waals surface area contributed by atoms with Crippen molar-refractivity contribution < 1.29 is 9.53 Å². The first-order valence-electron chi connectivity index (χ1n) is 11.1. The Kier molecular flexibility index (Phi) is 5.96. The van der Waals surface area contributed by atoms with Gasteiger partial charge in [0.05, 0.1) is 12.3 Å². The van der Waals surface area contributed by atoms with Crippen LogP contribution in [0.1, 0.15) is 49.5 Å². The highest BCUT2D eigenvalue weighted by Gasteiger charge is 2.30. The molecule has 1 fully saturated rings. The minimum absolute atomic E-state index is 0.126. The maximum Gasteiger partial charge on any atom is 0.253 e. The predicted molar refractivity (Wildman–Crippen MR) is 127 cm³/mol. The number of aliphatic imine (C=N–C) groups is 1. The average molecular weight is 418 g/mol.